The number of aliphatic hydroxyl groups is 1. The molecule has 0 fully saturated rings. The summed E-state index contributed by atoms with van der Waals surface area (Å²) in [5.74, 6) is 0.945. The minimum atomic E-state index is 0.123. The number of aryl methyl sites for hydroxylation is 1. The highest BCUT2D eigenvalue weighted by atomic mass is 16.3. The Hall–Kier alpha value is -2.37. The second kappa shape index (κ2) is 7.95. The van der Waals surface area contributed by atoms with Crippen LogP contribution in [0.4, 0.5) is 0 Å². The molecular formula is C19H23N3O2. The predicted molar refractivity (Wildman–Crippen MR) is 92.4 cm³/mol. The van der Waals surface area contributed by atoms with Crippen LogP contribution in [0.1, 0.15) is 22.5 Å². The lowest BCUT2D eigenvalue weighted by Gasteiger charge is -2.19. The lowest BCUT2D eigenvalue weighted by atomic mass is 10.2. The van der Waals surface area contributed by atoms with E-state index in [4.69, 9.17) is 4.42 Å². The van der Waals surface area contributed by atoms with Crippen LogP contribution in [-0.2, 0) is 19.6 Å². The molecule has 5 heteroatoms. The number of hydrogen-bond donors (Lipinski definition) is 1. The van der Waals surface area contributed by atoms with E-state index in [0.29, 0.717) is 13.1 Å². The van der Waals surface area contributed by atoms with Crippen molar-refractivity contribution in [3.63, 3.8) is 0 Å². The van der Waals surface area contributed by atoms with Gasteiger partial charge in [0.15, 0.2) is 0 Å². The molecule has 0 amide bonds. The fraction of sp³-hybridized carbons (Fsp3) is 0.316. The lowest BCUT2D eigenvalue weighted by molar-refractivity contribution is 0.174. The van der Waals surface area contributed by atoms with Gasteiger partial charge in [0.2, 0.25) is 0 Å². The summed E-state index contributed by atoms with van der Waals surface area (Å²) < 4.78 is 7.46. The largest absolute Gasteiger partial charge is 0.468 e. The summed E-state index contributed by atoms with van der Waals surface area (Å²) in [5.41, 5.74) is 3.49. The zero-order valence-electron chi connectivity index (χ0n) is 13.9. The molecule has 3 aromatic rings. The molecule has 0 aliphatic rings. The van der Waals surface area contributed by atoms with E-state index in [1.165, 1.54) is 5.56 Å². The van der Waals surface area contributed by atoms with Crippen LogP contribution in [0.5, 0.6) is 0 Å². The summed E-state index contributed by atoms with van der Waals surface area (Å²) in [5, 5.41) is 13.8. The van der Waals surface area contributed by atoms with Gasteiger partial charge in [0.25, 0.3) is 0 Å². The van der Waals surface area contributed by atoms with E-state index in [0.717, 1.165) is 30.0 Å². The van der Waals surface area contributed by atoms with Crippen LogP contribution in [0, 0.1) is 6.92 Å². The third kappa shape index (κ3) is 4.34. The highest BCUT2D eigenvalue weighted by molar-refractivity contribution is 5.16. The molecule has 0 saturated heterocycles. The summed E-state index contributed by atoms with van der Waals surface area (Å²) in [6, 6.07) is 12.2. The van der Waals surface area contributed by atoms with Crippen LogP contribution in [-0.4, -0.2) is 32.9 Å². The third-order valence-corrected chi connectivity index (χ3v) is 4.03. The molecule has 0 atom stereocenters. The molecule has 3 rings (SSSR count). The van der Waals surface area contributed by atoms with Crippen LogP contribution in [0.25, 0.3) is 0 Å². The number of benzene rings is 1. The molecule has 0 aliphatic carbocycles. The number of furan rings is 1. The molecule has 0 radical (unpaired) electrons. The second-order valence-electron chi connectivity index (χ2n) is 5.99. The standard InChI is InChI=1S/C19H23N3O2/c1-16-7-10-24-19(16)15-21(8-9-23)12-18-11-20-22(14-18)13-17-5-3-2-4-6-17/h2-7,10-11,14,23H,8-9,12-13,15H2,1H3. The van der Waals surface area contributed by atoms with Gasteiger partial charge in [0, 0.05) is 24.8 Å². The number of aliphatic hydroxyl groups excluding tert-OH is 1. The van der Waals surface area contributed by atoms with E-state index >= 15 is 0 Å². The maximum absolute atomic E-state index is 9.32. The van der Waals surface area contributed by atoms with E-state index in [1.807, 2.05) is 42.1 Å². The SMILES string of the molecule is Cc1ccoc1CN(CCO)Cc1cnn(Cc2ccccc2)c1. The first-order valence-corrected chi connectivity index (χ1v) is 8.16. The quantitative estimate of drug-likeness (QED) is 0.692. The Balaban J connectivity index is 1.63. The first-order chi connectivity index (χ1) is 11.7. The van der Waals surface area contributed by atoms with Crippen LogP contribution < -0.4 is 0 Å². The summed E-state index contributed by atoms with van der Waals surface area (Å²) >= 11 is 0. The van der Waals surface area contributed by atoms with Gasteiger partial charge >= 0.3 is 0 Å². The van der Waals surface area contributed by atoms with Crippen molar-refractivity contribution in [3.8, 4) is 0 Å². The van der Waals surface area contributed by atoms with Crippen molar-refractivity contribution in [1.82, 2.24) is 14.7 Å². The van der Waals surface area contributed by atoms with E-state index in [1.54, 1.807) is 6.26 Å². The Morgan fingerprint density at radius 2 is 1.96 bits per heavy atom. The summed E-state index contributed by atoms with van der Waals surface area (Å²) in [6.45, 7) is 4.94. The van der Waals surface area contributed by atoms with E-state index in [-0.39, 0.29) is 6.61 Å². The molecule has 0 spiro atoms. The molecule has 1 aromatic carbocycles. The van der Waals surface area contributed by atoms with Crippen molar-refractivity contribution in [3.05, 3.63) is 77.5 Å². The number of nitrogens with zero attached hydrogens (tertiary/aromatic N) is 3. The molecule has 5 nitrogen and oxygen atoms in total. The van der Waals surface area contributed by atoms with E-state index in [2.05, 4.69) is 28.3 Å². The molecule has 0 aliphatic heterocycles. The molecule has 0 unspecified atom stereocenters. The number of rotatable bonds is 8. The first kappa shape index (κ1) is 16.5. The summed E-state index contributed by atoms with van der Waals surface area (Å²) in [7, 11) is 0. The molecule has 0 saturated carbocycles. The van der Waals surface area contributed by atoms with Gasteiger partial charge in [0.1, 0.15) is 5.76 Å². The Morgan fingerprint density at radius 1 is 1.12 bits per heavy atom. The third-order valence-electron chi connectivity index (χ3n) is 4.03. The van der Waals surface area contributed by atoms with Gasteiger partial charge in [-0.25, -0.2) is 0 Å². The Morgan fingerprint density at radius 3 is 2.67 bits per heavy atom. The molecule has 1 N–H and O–H groups in total. The van der Waals surface area contributed by atoms with Gasteiger partial charge in [-0.2, -0.15) is 5.10 Å². The van der Waals surface area contributed by atoms with Crippen molar-refractivity contribution < 1.29 is 9.52 Å². The second-order valence-corrected chi connectivity index (χ2v) is 5.99. The maximum Gasteiger partial charge on any atom is 0.120 e. The normalized spacial score (nSPS) is 11.3. The predicted octanol–water partition coefficient (Wildman–Crippen LogP) is 2.83. The topological polar surface area (TPSA) is 54.4 Å². The fourth-order valence-electron chi connectivity index (χ4n) is 2.73. The highest BCUT2D eigenvalue weighted by Crippen LogP contribution is 2.14. The van der Waals surface area contributed by atoms with Crippen LogP contribution >= 0.6 is 0 Å². The van der Waals surface area contributed by atoms with Gasteiger partial charge in [-0.1, -0.05) is 30.3 Å². The van der Waals surface area contributed by atoms with Crippen molar-refractivity contribution in [2.24, 2.45) is 0 Å². The zero-order chi connectivity index (χ0) is 16.8. The first-order valence-electron chi connectivity index (χ1n) is 8.16. The molecule has 0 bridgehead atoms. The van der Waals surface area contributed by atoms with E-state index in [9.17, 15) is 5.11 Å². The fourth-order valence-corrected chi connectivity index (χ4v) is 2.73. The van der Waals surface area contributed by atoms with E-state index < -0.39 is 0 Å². The monoisotopic (exact) mass is 325 g/mol. The Kier molecular flexibility index (Phi) is 5.46. The van der Waals surface area contributed by atoms with Crippen molar-refractivity contribution in [1.29, 1.82) is 0 Å². The number of hydrogen-bond acceptors (Lipinski definition) is 4. The van der Waals surface area contributed by atoms with Crippen LogP contribution in [0.3, 0.4) is 0 Å². The Labute approximate surface area is 142 Å². The number of aromatic nitrogens is 2. The van der Waals surface area contributed by atoms with Gasteiger partial charge in [-0.3, -0.25) is 9.58 Å². The van der Waals surface area contributed by atoms with Crippen molar-refractivity contribution >= 4 is 0 Å². The maximum atomic E-state index is 9.32. The minimum absolute atomic E-state index is 0.123. The molecule has 126 valence electrons. The molecule has 24 heavy (non-hydrogen) atoms. The van der Waals surface area contributed by atoms with Gasteiger partial charge < -0.3 is 9.52 Å². The Bertz CT molecular complexity index is 749. The molecular weight excluding hydrogens is 302 g/mol. The average molecular weight is 325 g/mol. The van der Waals surface area contributed by atoms with Crippen LogP contribution in [0.2, 0.25) is 0 Å². The zero-order valence-corrected chi connectivity index (χ0v) is 13.9. The highest BCUT2D eigenvalue weighted by Gasteiger charge is 2.12. The summed E-state index contributed by atoms with van der Waals surface area (Å²) in [4.78, 5) is 2.16. The van der Waals surface area contributed by atoms with Crippen LogP contribution in [0.15, 0.2) is 59.5 Å². The average Bonchev–Trinajstić information content (AvgIpc) is 3.18. The van der Waals surface area contributed by atoms with Gasteiger partial charge in [-0.05, 0) is 24.1 Å². The molecule has 2 heterocycles. The van der Waals surface area contributed by atoms with Crippen molar-refractivity contribution in [2.45, 2.75) is 26.6 Å². The van der Waals surface area contributed by atoms with Gasteiger partial charge in [0.05, 0.1) is 32.2 Å². The lowest BCUT2D eigenvalue weighted by Crippen LogP contribution is -2.26. The van der Waals surface area contributed by atoms with Gasteiger partial charge in [-0.15, -0.1) is 0 Å². The minimum Gasteiger partial charge on any atom is -0.468 e. The smallest absolute Gasteiger partial charge is 0.120 e. The molecule has 2 aromatic heterocycles. The summed E-state index contributed by atoms with van der Waals surface area (Å²) in [6.07, 6.45) is 5.66. The van der Waals surface area contributed by atoms with Crippen molar-refractivity contribution in [2.75, 3.05) is 13.2 Å².